The van der Waals surface area contributed by atoms with Gasteiger partial charge >= 0.3 is 6.18 Å². The average Bonchev–Trinajstić information content (AvgIpc) is 3.08. The van der Waals surface area contributed by atoms with E-state index in [9.17, 15) is 18.0 Å². The number of fused-ring (bicyclic) bond motifs is 1. The highest BCUT2D eigenvalue weighted by atomic mass is 19.4. The summed E-state index contributed by atoms with van der Waals surface area (Å²) in [7, 11) is 0. The molecular weight excluding hydrogens is 385 g/mol. The summed E-state index contributed by atoms with van der Waals surface area (Å²) in [5, 5.41) is 13.2. The molecule has 0 aliphatic rings. The van der Waals surface area contributed by atoms with Crippen LogP contribution in [0.3, 0.4) is 0 Å². The lowest BCUT2D eigenvalue weighted by atomic mass is 10.0. The first-order valence-electron chi connectivity index (χ1n) is 8.99. The number of carbonyl (C=O) groups is 1. The number of benzene rings is 1. The van der Waals surface area contributed by atoms with Crippen molar-refractivity contribution in [3.63, 3.8) is 0 Å². The van der Waals surface area contributed by atoms with Crippen LogP contribution < -0.4 is 16.0 Å². The van der Waals surface area contributed by atoms with Gasteiger partial charge in [-0.1, -0.05) is 12.1 Å². The van der Waals surface area contributed by atoms with Crippen LogP contribution in [-0.4, -0.2) is 33.6 Å². The van der Waals surface area contributed by atoms with Gasteiger partial charge in [0.15, 0.2) is 5.82 Å². The van der Waals surface area contributed by atoms with Crippen molar-refractivity contribution in [3.8, 4) is 0 Å². The van der Waals surface area contributed by atoms with E-state index in [2.05, 4.69) is 26.0 Å². The lowest BCUT2D eigenvalue weighted by Crippen LogP contribution is -2.26. The molecular formula is C19H21F3N6O. The van der Waals surface area contributed by atoms with E-state index in [0.717, 1.165) is 17.8 Å². The second kappa shape index (κ2) is 8.38. The number of rotatable bonds is 7. The molecule has 0 saturated carbocycles. The highest BCUT2D eigenvalue weighted by Crippen LogP contribution is 2.31. The fraction of sp³-hybridized carbons (Fsp3) is 0.316. The Bertz CT molecular complexity index is 1000. The number of amides is 1. The highest BCUT2D eigenvalue weighted by Gasteiger charge is 2.30. The molecule has 0 unspecified atom stereocenters. The first-order chi connectivity index (χ1) is 13.7. The molecule has 0 bridgehead atoms. The van der Waals surface area contributed by atoms with Crippen molar-refractivity contribution in [2.45, 2.75) is 26.1 Å². The minimum atomic E-state index is -4.39. The number of anilines is 2. The summed E-state index contributed by atoms with van der Waals surface area (Å²) in [6, 6.07) is 6.63. The van der Waals surface area contributed by atoms with Crippen LogP contribution in [0.15, 0.2) is 42.9 Å². The lowest BCUT2D eigenvalue weighted by molar-refractivity contribution is -0.137. The van der Waals surface area contributed by atoms with Crippen LogP contribution in [0.25, 0.3) is 5.52 Å². The van der Waals surface area contributed by atoms with Crippen LogP contribution in [0.5, 0.6) is 0 Å². The summed E-state index contributed by atoms with van der Waals surface area (Å²) in [4.78, 5) is 15.1. The number of aromatic nitrogens is 3. The van der Waals surface area contributed by atoms with Crippen molar-refractivity contribution in [3.05, 3.63) is 54.0 Å². The van der Waals surface area contributed by atoms with Gasteiger partial charge < -0.3 is 16.0 Å². The number of hydrogen-bond acceptors (Lipinski definition) is 5. The van der Waals surface area contributed by atoms with Crippen LogP contribution in [0.4, 0.5) is 24.7 Å². The van der Waals surface area contributed by atoms with Gasteiger partial charge in [-0.15, -0.1) is 0 Å². The Labute approximate surface area is 165 Å². The van der Waals surface area contributed by atoms with E-state index in [4.69, 9.17) is 0 Å². The largest absolute Gasteiger partial charge is 0.416 e. The van der Waals surface area contributed by atoms with Gasteiger partial charge in [-0.05, 0) is 30.7 Å². The summed E-state index contributed by atoms with van der Waals surface area (Å²) in [5.41, 5.74) is 1.26. The Morgan fingerprint density at radius 2 is 2.03 bits per heavy atom. The smallest absolute Gasteiger partial charge is 0.382 e. The molecule has 0 aliphatic carbocycles. The molecule has 3 rings (SSSR count). The second-order valence-corrected chi connectivity index (χ2v) is 6.57. The monoisotopic (exact) mass is 406 g/mol. The van der Waals surface area contributed by atoms with Crippen molar-refractivity contribution in [2.24, 2.45) is 0 Å². The summed E-state index contributed by atoms with van der Waals surface area (Å²) >= 11 is 0. The van der Waals surface area contributed by atoms with Crippen LogP contribution in [0.2, 0.25) is 0 Å². The lowest BCUT2D eigenvalue weighted by Gasteiger charge is -2.17. The predicted octanol–water partition coefficient (Wildman–Crippen LogP) is 3.47. The number of nitrogens with one attached hydrogen (secondary N) is 3. The molecule has 7 nitrogen and oxygen atoms in total. The van der Waals surface area contributed by atoms with Gasteiger partial charge in [-0.2, -0.15) is 18.3 Å². The van der Waals surface area contributed by atoms with Crippen LogP contribution in [-0.2, 0) is 11.0 Å². The van der Waals surface area contributed by atoms with Gasteiger partial charge in [0.1, 0.15) is 11.8 Å². The van der Waals surface area contributed by atoms with Crippen molar-refractivity contribution >= 4 is 22.9 Å². The molecule has 10 heteroatoms. The Hall–Kier alpha value is -3.30. The molecule has 1 aromatic carbocycles. The van der Waals surface area contributed by atoms with Gasteiger partial charge in [-0.25, -0.2) is 9.50 Å². The quantitative estimate of drug-likeness (QED) is 0.524. The number of carbonyl (C=O) groups excluding carboxylic acids is 1. The average molecular weight is 406 g/mol. The maximum absolute atomic E-state index is 13.0. The SMILES string of the molecule is CC(=O)NCCNc1cc2c(N[C@H](C)c3cccc(C(F)(F)F)c3)ncnn2c1. The first-order valence-corrected chi connectivity index (χ1v) is 8.99. The molecule has 0 spiro atoms. The fourth-order valence-corrected chi connectivity index (χ4v) is 2.86. The summed E-state index contributed by atoms with van der Waals surface area (Å²) < 4.78 is 40.5. The molecule has 3 N–H and O–H groups in total. The molecule has 154 valence electrons. The Morgan fingerprint density at radius 1 is 1.24 bits per heavy atom. The highest BCUT2D eigenvalue weighted by molar-refractivity contribution is 5.74. The van der Waals surface area contributed by atoms with E-state index >= 15 is 0 Å². The second-order valence-electron chi connectivity index (χ2n) is 6.57. The normalized spacial score (nSPS) is 12.6. The molecule has 0 radical (unpaired) electrons. The van der Waals surface area contributed by atoms with Crippen LogP contribution in [0.1, 0.15) is 31.0 Å². The third-order valence-corrected chi connectivity index (χ3v) is 4.30. The zero-order valence-corrected chi connectivity index (χ0v) is 15.9. The maximum Gasteiger partial charge on any atom is 0.416 e. The van der Waals surface area contributed by atoms with Gasteiger partial charge in [0.25, 0.3) is 0 Å². The van der Waals surface area contributed by atoms with Crippen molar-refractivity contribution in [2.75, 3.05) is 23.7 Å². The minimum absolute atomic E-state index is 0.102. The zero-order chi connectivity index (χ0) is 21.0. The van der Waals surface area contributed by atoms with E-state index in [1.807, 2.05) is 6.07 Å². The number of alkyl halides is 3. The van der Waals surface area contributed by atoms with Crippen molar-refractivity contribution in [1.82, 2.24) is 19.9 Å². The fourth-order valence-electron chi connectivity index (χ4n) is 2.86. The van der Waals surface area contributed by atoms with Crippen molar-refractivity contribution in [1.29, 1.82) is 0 Å². The molecule has 0 aliphatic heterocycles. The van der Waals surface area contributed by atoms with E-state index in [-0.39, 0.29) is 5.91 Å². The molecule has 2 aromatic heterocycles. The summed E-state index contributed by atoms with van der Waals surface area (Å²) in [5.74, 6) is 0.398. The van der Waals surface area contributed by atoms with Gasteiger partial charge in [-0.3, -0.25) is 4.79 Å². The maximum atomic E-state index is 13.0. The predicted molar refractivity (Wildman–Crippen MR) is 104 cm³/mol. The van der Waals surface area contributed by atoms with E-state index in [1.54, 1.807) is 23.7 Å². The van der Waals surface area contributed by atoms with Gasteiger partial charge in [0, 0.05) is 20.0 Å². The number of hydrogen-bond donors (Lipinski definition) is 3. The van der Waals surface area contributed by atoms with E-state index in [0.29, 0.717) is 30.0 Å². The first kappa shape index (κ1) is 20.4. The third-order valence-electron chi connectivity index (χ3n) is 4.30. The number of nitrogens with zero attached hydrogens (tertiary/aromatic N) is 3. The topological polar surface area (TPSA) is 83.4 Å². The molecule has 1 atom stereocenters. The van der Waals surface area contributed by atoms with Crippen LogP contribution in [0, 0.1) is 0 Å². The standard InChI is InChI=1S/C19H21F3N6O/c1-12(14-4-3-5-15(8-14)19(20,21)22)27-18-17-9-16(10-28(17)26-11-25-18)24-7-6-23-13(2)29/h3-5,8-12,24H,6-7H2,1-2H3,(H,23,29)(H,25,26,27)/t12-/m1/s1. The number of halogens is 3. The Kier molecular flexibility index (Phi) is 5.90. The van der Waals surface area contributed by atoms with Crippen LogP contribution >= 0.6 is 0 Å². The zero-order valence-electron chi connectivity index (χ0n) is 15.9. The molecule has 3 aromatic rings. The van der Waals surface area contributed by atoms with E-state index < -0.39 is 17.8 Å². The third kappa shape index (κ3) is 5.15. The Balaban J connectivity index is 1.75. The molecule has 0 fully saturated rings. The van der Waals surface area contributed by atoms with E-state index in [1.165, 1.54) is 19.3 Å². The molecule has 2 heterocycles. The molecule has 0 saturated heterocycles. The summed E-state index contributed by atoms with van der Waals surface area (Å²) in [6.45, 7) is 4.23. The molecule has 1 amide bonds. The van der Waals surface area contributed by atoms with Gasteiger partial charge in [0.05, 0.1) is 23.5 Å². The Morgan fingerprint density at radius 3 is 2.76 bits per heavy atom. The minimum Gasteiger partial charge on any atom is -0.382 e. The molecule has 29 heavy (non-hydrogen) atoms. The van der Waals surface area contributed by atoms with Gasteiger partial charge in [0.2, 0.25) is 5.91 Å². The van der Waals surface area contributed by atoms with Crippen molar-refractivity contribution < 1.29 is 18.0 Å². The summed E-state index contributed by atoms with van der Waals surface area (Å²) in [6.07, 6.45) is -1.25.